The second kappa shape index (κ2) is 7.24. The molecule has 1 aliphatic heterocycles. The SMILES string of the molecule is CC(C)(C)c1cc(NC(=O)[C@@H]2CCC(=O)N2c2ccc(S(=O)[O-])cc2)no1. The number of nitrogens with zero attached hydrogens (tertiary/aromatic N) is 2. The first-order valence-electron chi connectivity index (χ1n) is 8.46. The average Bonchev–Trinajstić information content (AvgIpc) is 3.21. The number of hydrogen-bond acceptors (Lipinski definition) is 6. The van der Waals surface area contributed by atoms with Gasteiger partial charge in [0, 0.05) is 28.5 Å². The lowest BCUT2D eigenvalue weighted by atomic mass is 9.93. The van der Waals surface area contributed by atoms with E-state index in [0.717, 1.165) is 0 Å². The second-order valence-electron chi connectivity index (χ2n) is 7.36. The molecule has 1 aliphatic rings. The van der Waals surface area contributed by atoms with Crippen LogP contribution in [0.2, 0.25) is 0 Å². The molecule has 1 aromatic carbocycles. The van der Waals surface area contributed by atoms with Gasteiger partial charge in [-0.25, -0.2) is 0 Å². The van der Waals surface area contributed by atoms with E-state index in [1.165, 1.54) is 29.2 Å². The zero-order valence-electron chi connectivity index (χ0n) is 15.2. The maximum Gasteiger partial charge on any atom is 0.248 e. The van der Waals surface area contributed by atoms with E-state index in [-0.39, 0.29) is 28.5 Å². The molecule has 1 saturated heterocycles. The Morgan fingerprint density at radius 1 is 1.33 bits per heavy atom. The van der Waals surface area contributed by atoms with Gasteiger partial charge in [0.25, 0.3) is 0 Å². The van der Waals surface area contributed by atoms with E-state index in [4.69, 9.17) is 4.52 Å². The zero-order chi connectivity index (χ0) is 19.8. The minimum atomic E-state index is -2.35. The summed E-state index contributed by atoms with van der Waals surface area (Å²) in [4.78, 5) is 26.5. The lowest BCUT2D eigenvalue weighted by Crippen LogP contribution is -2.41. The van der Waals surface area contributed by atoms with Gasteiger partial charge in [-0.2, -0.15) is 0 Å². The van der Waals surface area contributed by atoms with Gasteiger partial charge in [-0.3, -0.25) is 18.7 Å². The summed E-state index contributed by atoms with van der Waals surface area (Å²) in [5.41, 5.74) is 0.233. The molecule has 1 unspecified atom stereocenters. The van der Waals surface area contributed by atoms with E-state index in [0.29, 0.717) is 23.7 Å². The van der Waals surface area contributed by atoms with Crippen LogP contribution in [0.4, 0.5) is 11.5 Å². The molecular formula is C18H20N3O5S-. The number of anilines is 2. The molecule has 0 spiro atoms. The van der Waals surface area contributed by atoms with Gasteiger partial charge in [0.2, 0.25) is 11.8 Å². The number of carbonyl (C=O) groups is 2. The molecule has 8 nitrogen and oxygen atoms in total. The molecule has 1 fully saturated rings. The minimum Gasteiger partial charge on any atom is -0.768 e. The molecule has 144 valence electrons. The molecule has 0 saturated carbocycles. The highest BCUT2D eigenvalue weighted by atomic mass is 32.2. The average molecular weight is 390 g/mol. The normalized spacial score (nSPS) is 18.6. The first-order chi connectivity index (χ1) is 12.7. The Hall–Kier alpha value is -2.52. The molecule has 9 heteroatoms. The van der Waals surface area contributed by atoms with Crippen LogP contribution in [0.3, 0.4) is 0 Å². The number of rotatable bonds is 4. The van der Waals surface area contributed by atoms with Crippen LogP contribution in [0.5, 0.6) is 0 Å². The molecule has 1 N–H and O–H groups in total. The second-order valence-corrected chi connectivity index (χ2v) is 8.30. The Morgan fingerprint density at radius 3 is 2.56 bits per heavy atom. The molecule has 27 heavy (non-hydrogen) atoms. The summed E-state index contributed by atoms with van der Waals surface area (Å²) >= 11 is -2.35. The van der Waals surface area contributed by atoms with Crippen LogP contribution in [-0.2, 0) is 26.1 Å². The van der Waals surface area contributed by atoms with Crippen molar-refractivity contribution in [1.29, 1.82) is 0 Å². The standard InChI is InChI=1S/C18H21N3O5S/c1-18(2,3)14-10-15(20-26-14)19-17(23)13-8-9-16(22)21(13)11-4-6-12(7-5-11)27(24)25/h4-7,10,13H,8-9H2,1-3H3,(H,24,25)(H,19,20,23)/p-1/t13-/m0/s1. The van der Waals surface area contributed by atoms with Gasteiger partial charge in [0.1, 0.15) is 11.8 Å². The van der Waals surface area contributed by atoms with Crippen molar-refractivity contribution in [3.8, 4) is 0 Å². The van der Waals surface area contributed by atoms with Crippen molar-refractivity contribution >= 4 is 34.4 Å². The lowest BCUT2D eigenvalue weighted by Gasteiger charge is -2.24. The van der Waals surface area contributed by atoms with Crippen LogP contribution in [-0.4, -0.2) is 31.8 Å². The van der Waals surface area contributed by atoms with Gasteiger partial charge in [0.15, 0.2) is 5.82 Å². The topological polar surface area (TPSA) is 116 Å². The third kappa shape index (κ3) is 4.09. The highest BCUT2D eigenvalue weighted by Gasteiger charge is 2.37. The van der Waals surface area contributed by atoms with Gasteiger partial charge in [-0.1, -0.05) is 25.9 Å². The summed E-state index contributed by atoms with van der Waals surface area (Å²) in [6, 6.07) is 6.79. The van der Waals surface area contributed by atoms with Crippen molar-refractivity contribution in [3.63, 3.8) is 0 Å². The van der Waals surface area contributed by atoms with Crippen molar-refractivity contribution in [2.75, 3.05) is 10.2 Å². The fourth-order valence-corrected chi connectivity index (χ4v) is 3.23. The summed E-state index contributed by atoms with van der Waals surface area (Å²) in [6.07, 6.45) is 0.600. The highest BCUT2D eigenvalue weighted by molar-refractivity contribution is 7.79. The Kier molecular flexibility index (Phi) is 5.16. The summed E-state index contributed by atoms with van der Waals surface area (Å²) in [5.74, 6) is 0.368. The number of hydrogen-bond donors (Lipinski definition) is 1. The van der Waals surface area contributed by atoms with E-state index >= 15 is 0 Å². The van der Waals surface area contributed by atoms with Crippen LogP contribution in [0.15, 0.2) is 39.8 Å². The van der Waals surface area contributed by atoms with E-state index in [9.17, 15) is 18.4 Å². The molecular weight excluding hydrogens is 370 g/mol. The fraction of sp³-hybridized carbons (Fsp3) is 0.389. The molecule has 2 heterocycles. The van der Waals surface area contributed by atoms with Gasteiger partial charge in [-0.05, 0) is 41.8 Å². The Labute approximate surface area is 159 Å². The molecule has 2 atom stereocenters. The maximum absolute atomic E-state index is 12.7. The number of aromatic nitrogens is 1. The molecule has 0 aliphatic carbocycles. The fourth-order valence-electron chi connectivity index (χ4n) is 2.87. The maximum atomic E-state index is 12.7. The smallest absolute Gasteiger partial charge is 0.248 e. The van der Waals surface area contributed by atoms with E-state index in [2.05, 4.69) is 10.5 Å². The minimum absolute atomic E-state index is 0.115. The van der Waals surface area contributed by atoms with Crippen molar-refractivity contribution in [2.24, 2.45) is 0 Å². The first kappa shape index (κ1) is 19.2. The van der Waals surface area contributed by atoms with E-state index in [1.54, 1.807) is 6.07 Å². The van der Waals surface area contributed by atoms with Gasteiger partial charge < -0.3 is 14.4 Å². The predicted octanol–water partition coefficient (Wildman–Crippen LogP) is 2.34. The number of benzene rings is 1. The van der Waals surface area contributed by atoms with Gasteiger partial charge in [-0.15, -0.1) is 0 Å². The molecule has 0 radical (unpaired) electrons. The molecule has 3 rings (SSSR count). The van der Waals surface area contributed by atoms with Crippen LogP contribution in [0.1, 0.15) is 39.4 Å². The van der Waals surface area contributed by atoms with E-state index in [1.807, 2.05) is 20.8 Å². The molecule has 1 aromatic heterocycles. The number of nitrogens with one attached hydrogen (secondary N) is 1. The zero-order valence-corrected chi connectivity index (χ0v) is 16.0. The molecule has 0 bridgehead atoms. The third-order valence-corrected chi connectivity index (χ3v) is 4.98. The van der Waals surface area contributed by atoms with Crippen molar-refractivity contribution in [2.45, 2.75) is 50.0 Å². The molecule has 2 amide bonds. The monoisotopic (exact) mass is 390 g/mol. The summed E-state index contributed by atoms with van der Waals surface area (Å²) in [5, 5.41) is 6.55. The molecule has 2 aromatic rings. The first-order valence-corrected chi connectivity index (χ1v) is 9.54. The van der Waals surface area contributed by atoms with Crippen LogP contribution >= 0.6 is 0 Å². The van der Waals surface area contributed by atoms with Gasteiger partial charge in [0.05, 0.1) is 0 Å². The Balaban J connectivity index is 1.78. The third-order valence-electron chi connectivity index (χ3n) is 4.32. The van der Waals surface area contributed by atoms with E-state index < -0.39 is 17.1 Å². The Bertz CT molecular complexity index is 885. The van der Waals surface area contributed by atoms with Crippen molar-refractivity contribution < 1.29 is 22.9 Å². The summed E-state index contributed by atoms with van der Waals surface area (Å²) in [7, 11) is 0. The largest absolute Gasteiger partial charge is 0.768 e. The number of amides is 2. The van der Waals surface area contributed by atoms with Gasteiger partial charge >= 0.3 is 0 Å². The lowest BCUT2D eigenvalue weighted by molar-refractivity contribution is -0.120. The van der Waals surface area contributed by atoms with Crippen LogP contribution < -0.4 is 10.2 Å². The van der Waals surface area contributed by atoms with Crippen LogP contribution in [0.25, 0.3) is 0 Å². The van der Waals surface area contributed by atoms with Crippen LogP contribution in [0, 0.1) is 0 Å². The van der Waals surface area contributed by atoms with Crippen molar-refractivity contribution in [3.05, 3.63) is 36.1 Å². The summed E-state index contributed by atoms with van der Waals surface area (Å²) < 4.78 is 27.2. The number of carbonyl (C=O) groups excluding carboxylic acids is 2. The van der Waals surface area contributed by atoms with Crippen molar-refractivity contribution in [1.82, 2.24) is 5.16 Å². The quantitative estimate of drug-likeness (QED) is 0.801. The summed E-state index contributed by atoms with van der Waals surface area (Å²) in [6.45, 7) is 5.90. The predicted molar refractivity (Wildman–Crippen MR) is 98.0 cm³/mol. The Morgan fingerprint density at radius 2 is 2.00 bits per heavy atom. The highest BCUT2D eigenvalue weighted by Crippen LogP contribution is 2.29.